The molecule has 2 aliphatic heterocycles. The maximum Gasteiger partial charge on any atom is 0.343 e. The predicted molar refractivity (Wildman–Crippen MR) is 126 cm³/mol. The van der Waals surface area contributed by atoms with E-state index in [2.05, 4.69) is 27.0 Å². The van der Waals surface area contributed by atoms with Crippen molar-refractivity contribution >= 4 is 23.0 Å². The van der Waals surface area contributed by atoms with E-state index in [4.69, 9.17) is 9.47 Å². The molecule has 1 fully saturated rings. The minimum absolute atomic E-state index is 0.00565. The van der Waals surface area contributed by atoms with E-state index in [0.717, 1.165) is 42.2 Å². The van der Waals surface area contributed by atoms with Crippen LogP contribution in [0.3, 0.4) is 0 Å². The van der Waals surface area contributed by atoms with Crippen LogP contribution in [-0.4, -0.2) is 37.3 Å². The van der Waals surface area contributed by atoms with E-state index in [1.54, 1.807) is 37.6 Å². The molecule has 7 heteroatoms. The van der Waals surface area contributed by atoms with Crippen LogP contribution in [0, 0.1) is 0 Å². The quantitative estimate of drug-likeness (QED) is 0.536. The fourth-order valence-corrected chi connectivity index (χ4v) is 5.62. The van der Waals surface area contributed by atoms with Gasteiger partial charge in [-0.3, -0.25) is 4.79 Å². The van der Waals surface area contributed by atoms with Crippen LogP contribution in [0.4, 0.5) is 5.69 Å². The lowest BCUT2D eigenvalue weighted by Gasteiger charge is -2.32. The third-order valence-corrected chi connectivity index (χ3v) is 7.30. The van der Waals surface area contributed by atoms with Crippen LogP contribution in [0.15, 0.2) is 46.7 Å². The zero-order valence-electron chi connectivity index (χ0n) is 18.3. The van der Waals surface area contributed by atoms with E-state index < -0.39 is 5.97 Å². The molecule has 0 saturated carbocycles. The number of nitrogens with zero attached hydrogens (tertiary/aromatic N) is 2. The fraction of sp³-hybridized carbons (Fsp3) is 0.360. The van der Waals surface area contributed by atoms with Gasteiger partial charge in [0.15, 0.2) is 5.43 Å². The van der Waals surface area contributed by atoms with Crippen LogP contribution in [0.2, 0.25) is 0 Å². The molecular formula is C25H26N2O4S. The summed E-state index contributed by atoms with van der Waals surface area (Å²) >= 11 is 1.68. The Balaban J connectivity index is 1.70. The highest BCUT2D eigenvalue weighted by atomic mass is 32.1. The van der Waals surface area contributed by atoms with Crippen molar-refractivity contribution in [2.45, 2.75) is 32.2 Å². The third kappa shape index (κ3) is 3.50. The van der Waals surface area contributed by atoms with Crippen LogP contribution in [0.25, 0.3) is 11.3 Å². The zero-order chi connectivity index (χ0) is 22.2. The molecule has 1 unspecified atom stereocenters. The fourth-order valence-electron chi connectivity index (χ4n) is 4.80. The number of esters is 1. The molecule has 166 valence electrons. The average Bonchev–Trinajstić information content (AvgIpc) is 3.52. The maximum atomic E-state index is 12.9. The number of ether oxygens (including phenoxy) is 2. The molecule has 3 aromatic rings. The van der Waals surface area contributed by atoms with Crippen molar-refractivity contribution in [3.05, 3.63) is 68.1 Å². The summed E-state index contributed by atoms with van der Waals surface area (Å²) in [5.41, 5.74) is 3.83. The standard InChI is InChI=1S/C25H26N2O4S/c1-3-31-25(29)18-15-27-19(14-22(18)28)17-13-23(30-2)20(26-8-4-5-9-26)11-16(17)12-21(27)24-7-6-10-32-24/h6-7,10-11,13-15,21H,3-5,8-9,12H2,1-2H3. The van der Waals surface area contributed by atoms with Gasteiger partial charge in [0.05, 0.1) is 31.1 Å². The molecule has 5 rings (SSSR count). The number of hydrogen-bond donors (Lipinski definition) is 0. The first-order valence-corrected chi connectivity index (χ1v) is 11.9. The minimum atomic E-state index is -0.578. The van der Waals surface area contributed by atoms with Crippen molar-refractivity contribution in [1.82, 2.24) is 4.57 Å². The van der Waals surface area contributed by atoms with E-state index in [1.165, 1.54) is 23.3 Å². The van der Waals surface area contributed by atoms with Crippen molar-refractivity contribution < 1.29 is 14.3 Å². The molecule has 0 amide bonds. The number of aromatic nitrogens is 1. The lowest BCUT2D eigenvalue weighted by molar-refractivity contribution is 0.0523. The molecular weight excluding hydrogens is 424 g/mol. The van der Waals surface area contributed by atoms with Gasteiger partial charge in [-0.2, -0.15) is 0 Å². The zero-order valence-corrected chi connectivity index (χ0v) is 19.1. The van der Waals surface area contributed by atoms with Crippen LogP contribution in [0.1, 0.15) is 46.6 Å². The molecule has 0 N–H and O–H groups in total. The number of benzene rings is 1. The predicted octanol–water partition coefficient (Wildman–Crippen LogP) is 4.51. The van der Waals surface area contributed by atoms with Gasteiger partial charge in [-0.1, -0.05) is 6.07 Å². The summed E-state index contributed by atoms with van der Waals surface area (Å²) in [5, 5.41) is 2.06. The van der Waals surface area contributed by atoms with Gasteiger partial charge in [0.25, 0.3) is 0 Å². The number of anilines is 1. The van der Waals surface area contributed by atoms with E-state index in [9.17, 15) is 9.59 Å². The number of thiophene rings is 1. The van der Waals surface area contributed by atoms with E-state index in [-0.39, 0.29) is 23.6 Å². The van der Waals surface area contributed by atoms with Crippen molar-refractivity contribution in [2.75, 3.05) is 31.7 Å². The van der Waals surface area contributed by atoms with E-state index >= 15 is 0 Å². The highest BCUT2D eigenvalue weighted by Crippen LogP contribution is 2.44. The number of carbonyl (C=O) groups excluding carboxylic acids is 1. The minimum Gasteiger partial charge on any atom is -0.495 e. The summed E-state index contributed by atoms with van der Waals surface area (Å²) in [6.07, 6.45) is 4.82. The highest BCUT2D eigenvalue weighted by molar-refractivity contribution is 7.10. The Morgan fingerprint density at radius 3 is 2.72 bits per heavy atom. The van der Waals surface area contributed by atoms with Crippen molar-refractivity contribution in [2.24, 2.45) is 0 Å². The maximum absolute atomic E-state index is 12.9. The van der Waals surface area contributed by atoms with Gasteiger partial charge in [0, 0.05) is 35.8 Å². The first-order chi connectivity index (χ1) is 15.6. The molecule has 2 aromatic heterocycles. The topological polar surface area (TPSA) is 60.8 Å². The second kappa shape index (κ2) is 8.47. The van der Waals surface area contributed by atoms with Crippen molar-refractivity contribution in [1.29, 1.82) is 0 Å². The summed E-state index contributed by atoms with van der Waals surface area (Å²) < 4.78 is 12.9. The Hall–Kier alpha value is -3.06. The Bertz CT molecular complexity index is 1210. The molecule has 1 saturated heterocycles. The Morgan fingerprint density at radius 2 is 2.03 bits per heavy atom. The van der Waals surface area contributed by atoms with Gasteiger partial charge in [-0.25, -0.2) is 4.79 Å². The molecule has 32 heavy (non-hydrogen) atoms. The largest absolute Gasteiger partial charge is 0.495 e. The van der Waals surface area contributed by atoms with Gasteiger partial charge >= 0.3 is 5.97 Å². The van der Waals surface area contributed by atoms with Crippen molar-refractivity contribution in [3.8, 4) is 17.0 Å². The molecule has 0 spiro atoms. The number of carbonyl (C=O) groups is 1. The molecule has 1 aromatic carbocycles. The molecule has 6 nitrogen and oxygen atoms in total. The van der Waals surface area contributed by atoms with Crippen molar-refractivity contribution in [3.63, 3.8) is 0 Å². The second-order valence-electron chi connectivity index (χ2n) is 8.18. The van der Waals surface area contributed by atoms with Crippen LogP contribution >= 0.6 is 11.3 Å². The number of methoxy groups -OCH3 is 1. The lowest BCUT2D eigenvalue weighted by Crippen LogP contribution is -2.27. The summed E-state index contributed by atoms with van der Waals surface area (Å²) in [6.45, 7) is 4.03. The number of rotatable bonds is 5. The molecule has 4 heterocycles. The van der Waals surface area contributed by atoms with Crippen LogP contribution < -0.4 is 15.1 Å². The van der Waals surface area contributed by atoms with Gasteiger partial charge < -0.3 is 18.9 Å². The molecule has 0 radical (unpaired) electrons. The smallest absolute Gasteiger partial charge is 0.343 e. The van der Waals surface area contributed by atoms with Gasteiger partial charge in [-0.15, -0.1) is 11.3 Å². The number of pyridine rings is 1. The monoisotopic (exact) mass is 450 g/mol. The van der Waals surface area contributed by atoms with Gasteiger partial charge in [-0.05, 0) is 55.3 Å². The normalized spacial score (nSPS) is 17.1. The first-order valence-electron chi connectivity index (χ1n) is 11.0. The van der Waals surface area contributed by atoms with E-state index in [1.807, 2.05) is 12.1 Å². The van der Waals surface area contributed by atoms with Crippen LogP contribution in [0.5, 0.6) is 5.75 Å². The molecule has 2 aliphatic rings. The first kappa shape index (κ1) is 20.8. The highest BCUT2D eigenvalue weighted by Gasteiger charge is 2.30. The molecule has 0 bridgehead atoms. The third-order valence-electron chi connectivity index (χ3n) is 6.32. The molecule has 1 atom stereocenters. The summed E-state index contributed by atoms with van der Waals surface area (Å²) in [7, 11) is 1.69. The number of hydrogen-bond acceptors (Lipinski definition) is 6. The summed E-state index contributed by atoms with van der Waals surface area (Å²) in [6, 6.07) is 9.99. The summed E-state index contributed by atoms with van der Waals surface area (Å²) in [5.74, 6) is 0.235. The second-order valence-corrected chi connectivity index (χ2v) is 9.15. The SMILES string of the molecule is CCOC(=O)c1cn2c(cc1=O)-c1cc(OC)c(N3CCCC3)cc1CC2c1cccs1. The number of fused-ring (bicyclic) bond motifs is 3. The lowest BCUT2D eigenvalue weighted by atomic mass is 9.90. The Labute approximate surface area is 191 Å². The average molecular weight is 451 g/mol. The van der Waals surface area contributed by atoms with Gasteiger partial charge in [0.1, 0.15) is 11.3 Å². The van der Waals surface area contributed by atoms with Crippen LogP contribution in [-0.2, 0) is 11.2 Å². The van der Waals surface area contributed by atoms with Gasteiger partial charge in [0.2, 0.25) is 0 Å². The van der Waals surface area contributed by atoms with E-state index in [0.29, 0.717) is 0 Å². The summed E-state index contributed by atoms with van der Waals surface area (Å²) in [4.78, 5) is 28.9. The molecule has 0 aliphatic carbocycles. The Morgan fingerprint density at radius 1 is 1.22 bits per heavy atom. The Kier molecular flexibility index (Phi) is 5.51.